The highest BCUT2D eigenvalue weighted by Crippen LogP contribution is 2.27. The molecule has 0 aliphatic rings. The van der Waals surface area contributed by atoms with Crippen molar-refractivity contribution in [2.45, 2.75) is 30.8 Å². The van der Waals surface area contributed by atoms with Crippen molar-refractivity contribution in [3.8, 4) is 5.75 Å². The molecule has 0 saturated carbocycles. The van der Waals surface area contributed by atoms with Crippen molar-refractivity contribution in [3.63, 3.8) is 0 Å². The molecule has 0 aromatic heterocycles. The van der Waals surface area contributed by atoms with E-state index in [1.54, 1.807) is 74.7 Å². The van der Waals surface area contributed by atoms with Crippen LogP contribution in [-0.2, 0) is 26.2 Å². The fourth-order valence-corrected chi connectivity index (χ4v) is 5.51. The molecule has 0 heterocycles. The number of nitrogens with one attached hydrogen (secondary N) is 1. The maximum atomic E-state index is 13.8. The van der Waals surface area contributed by atoms with Gasteiger partial charge in [-0.1, -0.05) is 54.9 Å². The maximum Gasteiger partial charge on any atom is 0.264 e. The van der Waals surface area contributed by atoms with E-state index in [1.807, 2.05) is 0 Å². The molecule has 196 valence electrons. The Labute approximate surface area is 222 Å². The largest absolute Gasteiger partial charge is 0.497 e. The summed E-state index contributed by atoms with van der Waals surface area (Å²) in [5, 5.41) is 2.93. The predicted molar refractivity (Wildman–Crippen MR) is 144 cm³/mol. The molecule has 0 unspecified atom stereocenters. The first-order valence-corrected chi connectivity index (χ1v) is 13.5. The Hall–Kier alpha value is -3.56. The van der Waals surface area contributed by atoms with Crippen molar-refractivity contribution in [1.82, 2.24) is 10.2 Å². The monoisotopic (exact) mass is 543 g/mol. The molecule has 2 amide bonds. The molecule has 3 rings (SSSR count). The van der Waals surface area contributed by atoms with Gasteiger partial charge < -0.3 is 15.0 Å². The van der Waals surface area contributed by atoms with E-state index < -0.39 is 28.5 Å². The summed E-state index contributed by atoms with van der Waals surface area (Å²) in [4.78, 5) is 28.0. The summed E-state index contributed by atoms with van der Waals surface area (Å²) in [6, 6.07) is 20.5. The quantitative estimate of drug-likeness (QED) is 0.393. The van der Waals surface area contributed by atoms with Gasteiger partial charge in [0, 0.05) is 18.6 Å². The molecule has 0 aliphatic heterocycles. The Balaban J connectivity index is 2.03. The summed E-state index contributed by atoms with van der Waals surface area (Å²) < 4.78 is 33.6. The van der Waals surface area contributed by atoms with Crippen LogP contribution in [0, 0.1) is 0 Å². The minimum atomic E-state index is -4.13. The molecule has 1 N–H and O–H groups in total. The molecule has 0 aliphatic carbocycles. The highest BCUT2D eigenvalue weighted by molar-refractivity contribution is 7.92. The second kappa shape index (κ2) is 12.6. The third kappa shape index (κ3) is 6.81. The second-order valence-electron chi connectivity index (χ2n) is 8.21. The van der Waals surface area contributed by atoms with Gasteiger partial charge >= 0.3 is 0 Å². The third-order valence-corrected chi connectivity index (χ3v) is 7.87. The average molecular weight is 544 g/mol. The van der Waals surface area contributed by atoms with Crippen molar-refractivity contribution in [3.05, 3.63) is 89.4 Å². The van der Waals surface area contributed by atoms with E-state index in [2.05, 4.69) is 5.32 Å². The smallest absolute Gasteiger partial charge is 0.264 e. The number of hydrogen-bond acceptors (Lipinski definition) is 5. The first-order valence-electron chi connectivity index (χ1n) is 11.7. The zero-order chi connectivity index (χ0) is 27.0. The van der Waals surface area contributed by atoms with Gasteiger partial charge in [-0.25, -0.2) is 8.42 Å². The summed E-state index contributed by atoms with van der Waals surface area (Å²) >= 11 is 6.17. The summed E-state index contributed by atoms with van der Waals surface area (Å²) in [5.74, 6) is -0.226. The number of halogens is 1. The first kappa shape index (κ1) is 28.0. The van der Waals surface area contributed by atoms with Gasteiger partial charge in [0.1, 0.15) is 18.3 Å². The fourth-order valence-electron chi connectivity index (χ4n) is 3.89. The summed E-state index contributed by atoms with van der Waals surface area (Å²) in [5.41, 5.74) is 0.999. The SMILES string of the molecule is CC[C@@H](C(=O)NC)N(Cc1ccc(OC)cc1)C(=O)CN(c1cccc(Cl)c1)S(=O)(=O)c1ccccc1. The third-order valence-electron chi connectivity index (χ3n) is 5.85. The van der Waals surface area contributed by atoms with Crippen LogP contribution in [0.5, 0.6) is 5.75 Å². The van der Waals surface area contributed by atoms with E-state index in [-0.39, 0.29) is 23.0 Å². The van der Waals surface area contributed by atoms with E-state index in [9.17, 15) is 18.0 Å². The molecular formula is C27H30ClN3O5S. The van der Waals surface area contributed by atoms with Crippen LogP contribution in [-0.4, -0.2) is 51.9 Å². The Morgan fingerprint density at radius 1 is 1.00 bits per heavy atom. The van der Waals surface area contributed by atoms with E-state index in [1.165, 1.54) is 30.1 Å². The lowest BCUT2D eigenvalue weighted by Crippen LogP contribution is -2.51. The topological polar surface area (TPSA) is 96.0 Å². The Kier molecular flexibility index (Phi) is 9.54. The lowest BCUT2D eigenvalue weighted by Gasteiger charge is -2.33. The molecule has 0 bridgehead atoms. The molecule has 0 radical (unpaired) electrons. The van der Waals surface area contributed by atoms with Crippen LogP contribution in [0.2, 0.25) is 5.02 Å². The Bertz CT molecular complexity index is 1320. The molecule has 3 aromatic carbocycles. The van der Waals surface area contributed by atoms with Crippen LogP contribution in [0.1, 0.15) is 18.9 Å². The van der Waals surface area contributed by atoms with Crippen molar-refractivity contribution in [2.24, 2.45) is 0 Å². The molecule has 8 nitrogen and oxygen atoms in total. The molecule has 10 heteroatoms. The molecule has 37 heavy (non-hydrogen) atoms. The van der Waals surface area contributed by atoms with Crippen molar-refractivity contribution in [1.29, 1.82) is 0 Å². The molecular weight excluding hydrogens is 514 g/mol. The van der Waals surface area contributed by atoms with Gasteiger partial charge in [0.2, 0.25) is 11.8 Å². The summed E-state index contributed by atoms with van der Waals surface area (Å²) in [7, 11) is -1.07. The van der Waals surface area contributed by atoms with Crippen LogP contribution in [0.3, 0.4) is 0 Å². The van der Waals surface area contributed by atoms with Gasteiger partial charge in [0.25, 0.3) is 10.0 Å². The van der Waals surface area contributed by atoms with E-state index >= 15 is 0 Å². The molecule has 0 spiro atoms. The van der Waals surface area contributed by atoms with E-state index in [0.717, 1.165) is 9.87 Å². The lowest BCUT2D eigenvalue weighted by atomic mass is 10.1. The highest BCUT2D eigenvalue weighted by atomic mass is 35.5. The lowest BCUT2D eigenvalue weighted by molar-refractivity contribution is -0.140. The van der Waals surface area contributed by atoms with Crippen molar-refractivity contribution >= 4 is 39.1 Å². The maximum absolute atomic E-state index is 13.8. The number of carbonyl (C=O) groups excluding carboxylic acids is 2. The number of anilines is 1. The number of sulfonamides is 1. The first-order chi connectivity index (χ1) is 17.7. The number of rotatable bonds is 11. The van der Waals surface area contributed by atoms with Gasteiger partial charge in [0.15, 0.2) is 0 Å². The molecule has 0 saturated heterocycles. The number of amides is 2. The Morgan fingerprint density at radius 3 is 2.24 bits per heavy atom. The van der Waals surface area contributed by atoms with Gasteiger partial charge in [-0.2, -0.15) is 0 Å². The molecule has 1 atom stereocenters. The zero-order valence-corrected chi connectivity index (χ0v) is 22.5. The van der Waals surface area contributed by atoms with E-state index in [0.29, 0.717) is 17.2 Å². The summed E-state index contributed by atoms with van der Waals surface area (Å²) in [6.07, 6.45) is 0.337. The number of hydrogen-bond donors (Lipinski definition) is 1. The number of nitrogens with zero attached hydrogens (tertiary/aromatic N) is 2. The van der Waals surface area contributed by atoms with Crippen molar-refractivity contribution in [2.75, 3.05) is 25.0 Å². The van der Waals surface area contributed by atoms with Crippen LogP contribution < -0.4 is 14.4 Å². The minimum Gasteiger partial charge on any atom is -0.497 e. The average Bonchev–Trinajstić information content (AvgIpc) is 2.92. The number of ether oxygens (including phenoxy) is 1. The number of likely N-dealkylation sites (N-methyl/N-ethyl adjacent to an activating group) is 1. The molecule has 0 fully saturated rings. The standard InChI is InChI=1S/C27H30ClN3O5S/c1-4-25(27(33)29-2)30(18-20-13-15-23(36-3)16-14-20)26(32)19-31(22-10-8-9-21(28)17-22)37(34,35)24-11-6-5-7-12-24/h5-17,25H,4,18-19H2,1-3H3,(H,29,33)/t25-/m0/s1. The number of benzene rings is 3. The van der Waals surface area contributed by atoms with Crippen LogP contribution >= 0.6 is 11.6 Å². The Morgan fingerprint density at radius 2 is 1.68 bits per heavy atom. The van der Waals surface area contributed by atoms with E-state index in [4.69, 9.17) is 16.3 Å². The van der Waals surface area contributed by atoms with Crippen LogP contribution in [0.25, 0.3) is 0 Å². The van der Waals surface area contributed by atoms with Gasteiger partial charge in [0.05, 0.1) is 17.7 Å². The number of methoxy groups -OCH3 is 1. The fraction of sp³-hybridized carbons (Fsp3) is 0.259. The zero-order valence-electron chi connectivity index (χ0n) is 20.9. The van der Waals surface area contributed by atoms with Gasteiger partial charge in [-0.15, -0.1) is 0 Å². The highest BCUT2D eigenvalue weighted by Gasteiger charge is 2.33. The van der Waals surface area contributed by atoms with Gasteiger partial charge in [-0.05, 0) is 54.4 Å². The van der Waals surface area contributed by atoms with Crippen LogP contribution in [0.15, 0.2) is 83.8 Å². The number of carbonyl (C=O) groups is 2. The summed E-state index contributed by atoms with van der Waals surface area (Å²) in [6.45, 7) is 1.37. The normalized spacial score (nSPS) is 11.9. The second-order valence-corrected chi connectivity index (χ2v) is 10.5. The predicted octanol–water partition coefficient (Wildman–Crippen LogP) is 4.10. The minimum absolute atomic E-state index is 0.0304. The van der Waals surface area contributed by atoms with Gasteiger partial charge in [-0.3, -0.25) is 13.9 Å². The molecule has 3 aromatic rings. The van der Waals surface area contributed by atoms with Crippen LogP contribution in [0.4, 0.5) is 5.69 Å². The van der Waals surface area contributed by atoms with Crippen molar-refractivity contribution < 1.29 is 22.7 Å².